The molecule has 0 atom stereocenters. The van der Waals surface area contributed by atoms with Crippen LogP contribution in [0.5, 0.6) is 0 Å². The van der Waals surface area contributed by atoms with Crippen molar-refractivity contribution in [2.75, 3.05) is 20.1 Å². The quantitative estimate of drug-likeness (QED) is 0.793. The summed E-state index contributed by atoms with van der Waals surface area (Å²) in [5, 5.41) is 0. The molecule has 0 bridgehead atoms. The van der Waals surface area contributed by atoms with Crippen molar-refractivity contribution in [3.63, 3.8) is 0 Å². The fourth-order valence-electron chi connectivity index (χ4n) is 2.63. The van der Waals surface area contributed by atoms with Crippen molar-refractivity contribution in [2.45, 2.75) is 46.5 Å². The molecule has 2 heteroatoms. The summed E-state index contributed by atoms with van der Waals surface area (Å²) in [5.74, 6) is 1.23. The summed E-state index contributed by atoms with van der Waals surface area (Å²) in [4.78, 5) is 6.88. The highest BCUT2D eigenvalue weighted by Crippen LogP contribution is 2.27. The van der Waals surface area contributed by atoms with Gasteiger partial charge in [0, 0.05) is 20.0 Å². The first-order valence-corrected chi connectivity index (χ1v) is 7.14. The van der Waals surface area contributed by atoms with Gasteiger partial charge in [0.2, 0.25) is 0 Å². The van der Waals surface area contributed by atoms with E-state index in [1.807, 2.05) is 0 Å². The van der Waals surface area contributed by atoms with Crippen LogP contribution >= 0.6 is 0 Å². The number of amidine groups is 1. The smallest absolute Gasteiger partial charge is 0.103 e. The first kappa shape index (κ1) is 14.1. The fourth-order valence-corrected chi connectivity index (χ4v) is 2.63. The minimum absolute atomic E-state index is 0.218. The average molecular weight is 258 g/mol. The Kier molecular flexibility index (Phi) is 3.71. The van der Waals surface area contributed by atoms with Crippen LogP contribution in [-0.4, -0.2) is 30.9 Å². The molecule has 0 amide bonds. The number of hydrogen-bond donors (Lipinski definition) is 0. The monoisotopic (exact) mass is 258 g/mol. The van der Waals surface area contributed by atoms with Gasteiger partial charge in [0.25, 0.3) is 0 Å². The van der Waals surface area contributed by atoms with E-state index in [1.165, 1.54) is 28.1 Å². The maximum Gasteiger partial charge on any atom is 0.103 e. The largest absolute Gasteiger partial charge is 0.361 e. The van der Waals surface area contributed by atoms with Gasteiger partial charge in [-0.2, -0.15) is 0 Å². The molecular weight excluding hydrogens is 232 g/mol. The number of rotatable bonds is 2. The average Bonchev–Trinajstić information content (AvgIpc) is 2.68. The second kappa shape index (κ2) is 4.99. The molecule has 0 saturated carbocycles. The van der Waals surface area contributed by atoms with Gasteiger partial charge in [-0.05, 0) is 41.5 Å². The van der Waals surface area contributed by atoms with Crippen LogP contribution in [0, 0.1) is 13.8 Å². The third-order valence-electron chi connectivity index (χ3n) is 4.07. The molecule has 2 rings (SSSR count). The highest BCUT2D eigenvalue weighted by molar-refractivity contribution is 5.86. The summed E-state index contributed by atoms with van der Waals surface area (Å²) >= 11 is 0. The van der Waals surface area contributed by atoms with Gasteiger partial charge >= 0.3 is 0 Å². The van der Waals surface area contributed by atoms with Crippen LogP contribution in [0.4, 0.5) is 0 Å². The van der Waals surface area contributed by atoms with E-state index >= 15 is 0 Å². The van der Waals surface area contributed by atoms with Crippen molar-refractivity contribution in [1.82, 2.24) is 4.90 Å². The third kappa shape index (κ3) is 2.99. The molecule has 1 aromatic carbocycles. The fraction of sp³-hybridized carbons (Fsp3) is 0.588. The van der Waals surface area contributed by atoms with Gasteiger partial charge in [-0.25, -0.2) is 0 Å². The summed E-state index contributed by atoms with van der Waals surface area (Å²) in [6.07, 6.45) is 0.971. The van der Waals surface area contributed by atoms with Crippen LogP contribution < -0.4 is 0 Å². The standard InChI is InChI=1S/C17H26N2/c1-12-9-14(17(3,4)5)10-13(2)15(12)11-16-18-7-8-19(16)6/h9-10H,7-8,11H2,1-6H3. The molecule has 1 aliphatic heterocycles. The highest BCUT2D eigenvalue weighted by atomic mass is 15.2. The Morgan fingerprint density at radius 2 is 1.74 bits per heavy atom. The van der Waals surface area contributed by atoms with Gasteiger partial charge in [-0.3, -0.25) is 4.99 Å². The van der Waals surface area contributed by atoms with E-state index < -0.39 is 0 Å². The van der Waals surface area contributed by atoms with E-state index in [-0.39, 0.29) is 5.41 Å². The van der Waals surface area contributed by atoms with E-state index in [4.69, 9.17) is 0 Å². The first-order valence-electron chi connectivity index (χ1n) is 7.14. The minimum atomic E-state index is 0.218. The topological polar surface area (TPSA) is 15.6 Å². The number of aryl methyl sites for hydroxylation is 2. The van der Waals surface area contributed by atoms with Crippen LogP contribution in [0.15, 0.2) is 17.1 Å². The molecule has 1 heterocycles. The summed E-state index contributed by atoms with van der Waals surface area (Å²) in [5.41, 5.74) is 5.88. The Morgan fingerprint density at radius 3 is 2.16 bits per heavy atom. The van der Waals surface area contributed by atoms with Crippen molar-refractivity contribution in [3.05, 3.63) is 34.4 Å². The molecule has 0 spiro atoms. The van der Waals surface area contributed by atoms with Gasteiger partial charge in [0.15, 0.2) is 0 Å². The molecule has 19 heavy (non-hydrogen) atoms. The maximum atomic E-state index is 4.61. The third-order valence-corrected chi connectivity index (χ3v) is 4.07. The van der Waals surface area contributed by atoms with Gasteiger partial charge in [0.05, 0.1) is 6.54 Å². The lowest BCUT2D eigenvalue weighted by Gasteiger charge is -2.23. The van der Waals surface area contributed by atoms with Gasteiger partial charge < -0.3 is 4.90 Å². The molecule has 0 saturated heterocycles. The van der Waals surface area contributed by atoms with Crippen molar-refractivity contribution in [1.29, 1.82) is 0 Å². The van der Waals surface area contributed by atoms with Crippen molar-refractivity contribution >= 4 is 5.84 Å². The van der Waals surface area contributed by atoms with Crippen molar-refractivity contribution < 1.29 is 0 Å². The molecule has 1 aliphatic rings. The highest BCUT2D eigenvalue weighted by Gasteiger charge is 2.19. The van der Waals surface area contributed by atoms with E-state index in [1.54, 1.807) is 0 Å². The zero-order valence-electron chi connectivity index (χ0n) is 13.2. The van der Waals surface area contributed by atoms with Gasteiger partial charge in [-0.1, -0.05) is 32.9 Å². The SMILES string of the molecule is Cc1cc(C(C)(C)C)cc(C)c1CC1=NCCN1C. The molecule has 104 valence electrons. The summed E-state index contributed by atoms with van der Waals surface area (Å²) in [6.45, 7) is 13.3. The normalized spacial score (nSPS) is 15.9. The second-order valence-electron chi connectivity index (χ2n) is 6.73. The molecule has 0 aromatic heterocycles. The summed E-state index contributed by atoms with van der Waals surface area (Å²) in [7, 11) is 2.14. The van der Waals surface area contributed by atoms with E-state index in [0.717, 1.165) is 19.5 Å². The maximum absolute atomic E-state index is 4.61. The lowest BCUT2D eigenvalue weighted by Crippen LogP contribution is -2.25. The Hall–Kier alpha value is -1.31. The van der Waals surface area contributed by atoms with Gasteiger partial charge in [0.1, 0.15) is 5.84 Å². The van der Waals surface area contributed by atoms with Crippen LogP contribution in [-0.2, 0) is 11.8 Å². The van der Waals surface area contributed by atoms with E-state index in [9.17, 15) is 0 Å². The summed E-state index contributed by atoms with van der Waals surface area (Å²) in [6, 6.07) is 4.69. The Balaban J connectivity index is 2.32. The van der Waals surface area contributed by atoms with E-state index in [0.29, 0.717) is 0 Å². The lowest BCUT2D eigenvalue weighted by molar-refractivity contribution is 0.548. The Bertz CT molecular complexity index is 483. The second-order valence-corrected chi connectivity index (χ2v) is 6.73. The van der Waals surface area contributed by atoms with Crippen molar-refractivity contribution in [3.8, 4) is 0 Å². The molecule has 0 aliphatic carbocycles. The zero-order valence-corrected chi connectivity index (χ0v) is 13.2. The molecule has 0 unspecified atom stereocenters. The predicted molar refractivity (Wildman–Crippen MR) is 83.3 cm³/mol. The molecule has 0 N–H and O–H groups in total. The molecule has 0 fully saturated rings. The minimum Gasteiger partial charge on any atom is -0.361 e. The molecular formula is C17H26N2. The van der Waals surface area contributed by atoms with Crippen LogP contribution in [0.1, 0.15) is 43.0 Å². The number of likely N-dealkylation sites (N-methyl/N-ethyl adjacent to an activating group) is 1. The number of benzene rings is 1. The number of aliphatic imine (C=N–C) groups is 1. The van der Waals surface area contributed by atoms with Crippen LogP contribution in [0.3, 0.4) is 0 Å². The Labute approximate surface area is 117 Å². The molecule has 2 nitrogen and oxygen atoms in total. The predicted octanol–water partition coefficient (Wildman–Crippen LogP) is 3.49. The number of hydrogen-bond acceptors (Lipinski definition) is 2. The van der Waals surface area contributed by atoms with E-state index in [2.05, 4.69) is 63.7 Å². The molecule has 0 radical (unpaired) electrons. The zero-order chi connectivity index (χ0) is 14.2. The van der Waals surface area contributed by atoms with Crippen LogP contribution in [0.25, 0.3) is 0 Å². The van der Waals surface area contributed by atoms with Crippen molar-refractivity contribution in [2.24, 2.45) is 4.99 Å². The summed E-state index contributed by atoms with van der Waals surface area (Å²) < 4.78 is 0. The number of nitrogens with zero attached hydrogens (tertiary/aromatic N) is 2. The first-order chi connectivity index (χ1) is 8.79. The Morgan fingerprint density at radius 1 is 1.16 bits per heavy atom. The molecule has 1 aromatic rings. The van der Waals surface area contributed by atoms with Gasteiger partial charge in [-0.15, -0.1) is 0 Å². The van der Waals surface area contributed by atoms with Crippen LogP contribution in [0.2, 0.25) is 0 Å². The lowest BCUT2D eigenvalue weighted by atomic mass is 9.83.